The molecule has 0 atom stereocenters. The third kappa shape index (κ3) is 5.01. The topological polar surface area (TPSA) is 17.8 Å². The summed E-state index contributed by atoms with van der Waals surface area (Å²) >= 11 is 0. The molecule has 0 spiro atoms. The number of rotatable bonds is 6. The fourth-order valence-electron chi connectivity index (χ4n) is 7.27. The number of imidazole rings is 1. The van der Waals surface area contributed by atoms with Crippen LogP contribution in [0.1, 0.15) is 19.5 Å². The highest BCUT2D eigenvalue weighted by atomic mass is 15.1. The molecule has 232 valence electrons. The number of benzene rings is 8. The molecule has 0 radical (unpaired) electrons. The van der Waals surface area contributed by atoms with Crippen LogP contribution in [-0.2, 0) is 6.37 Å². The molecule has 0 amide bonds. The molecule has 9 aromatic rings. The van der Waals surface area contributed by atoms with Crippen LogP contribution in [0.25, 0.3) is 82.8 Å². The van der Waals surface area contributed by atoms with E-state index < -0.39 is 13.2 Å². The Hall–Kier alpha value is -6.25. The van der Waals surface area contributed by atoms with Gasteiger partial charge < -0.3 is 0 Å². The number of hydrogen-bond donors (Lipinski definition) is 0. The Morgan fingerprint density at radius 3 is 1.82 bits per heavy atom. The molecule has 0 aliphatic heterocycles. The lowest BCUT2D eigenvalue weighted by Crippen LogP contribution is -2.00. The highest BCUT2D eigenvalue weighted by Gasteiger charge is 2.18. The van der Waals surface area contributed by atoms with Gasteiger partial charge in [-0.1, -0.05) is 146 Å². The Labute approximate surface area is 293 Å². The van der Waals surface area contributed by atoms with Gasteiger partial charge in [0.15, 0.2) is 0 Å². The van der Waals surface area contributed by atoms with Crippen molar-refractivity contribution in [3.8, 4) is 50.2 Å². The zero-order chi connectivity index (χ0) is 37.0. The van der Waals surface area contributed by atoms with Crippen molar-refractivity contribution in [1.82, 2.24) is 9.55 Å². The van der Waals surface area contributed by atoms with E-state index in [1.807, 2.05) is 48.5 Å². The van der Waals surface area contributed by atoms with Gasteiger partial charge in [0.1, 0.15) is 5.82 Å². The molecule has 0 fully saturated rings. The third-order valence-electron chi connectivity index (χ3n) is 9.46. The van der Waals surface area contributed by atoms with Crippen LogP contribution in [0.2, 0.25) is 0 Å². The Morgan fingerprint density at radius 1 is 0.469 bits per heavy atom. The summed E-state index contributed by atoms with van der Waals surface area (Å²) in [5, 5.41) is 4.65. The average molecular weight is 632 g/mol. The second kappa shape index (κ2) is 12.1. The van der Waals surface area contributed by atoms with Gasteiger partial charge in [-0.15, -0.1) is 0 Å². The Bertz CT molecular complexity index is 2840. The van der Waals surface area contributed by atoms with Crippen molar-refractivity contribution >= 4 is 32.6 Å². The van der Waals surface area contributed by atoms with Crippen LogP contribution in [0.15, 0.2) is 176 Å². The van der Waals surface area contributed by atoms with Crippen LogP contribution in [0.3, 0.4) is 0 Å². The monoisotopic (exact) mass is 631 g/mol. The van der Waals surface area contributed by atoms with E-state index in [1.165, 1.54) is 16.3 Å². The van der Waals surface area contributed by atoms with Crippen LogP contribution in [0, 0.1) is 0 Å². The lowest BCUT2D eigenvalue weighted by atomic mass is 9.84. The maximum absolute atomic E-state index is 8.67. The van der Waals surface area contributed by atoms with E-state index in [0.717, 1.165) is 49.7 Å². The van der Waals surface area contributed by atoms with Gasteiger partial charge in [-0.3, -0.25) is 4.57 Å². The number of aromatic nitrogens is 2. The fourth-order valence-corrected chi connectivity index (χ4v) is 7.27. The molecule has 2 heteroatoms. The molecular weight excluding hydrogens is 593 g/mol. The van der Waals surface area contributed by atoms with Crippen molar-refractivity contribution < 1.29 is 6.85 Å². The number of hydrogen-bond acceptors (Lipinski definition) is 1. The third-order valence-corrected chi connectivity index (χ3v) is 9.46. The minimum atomic E-state index is -2.92. The fraction of sp³-hybridized carbons (Fsp3) is 0.0426. The van der Waals surface area contributed by atoms with Crippen LogP contribution < -0.4 is 0 Å². The second-order valence-corrected chi connectivity index (χ2v) is 12.3. The predicted octanol–water partition coefficient (Wildman–Crippen LogP) is 12.6. The molecule has 49 heavy (non-hydrogen) atoms. The molecule has 1 heterocycles. The van der Waals surface area contributed by atoms with Gasteiger partial charge in [0.25, 0.3) is 0 Å². The SMILES string of the molecule is [2H]C([2H])([2H])C([2H])([2H])c1nc2ccccc2n1-c1cccc(-c2cccc(-c3c4ccccc4c(-c4ccccc4)c4cc(-c5ccccc5)ccc34)c2)c1. The van der Waals surface area contributed by atoms with Crippen molar-refractivity contribution in [2.24, 2.45) is 0 Å². The molecule has 1 aromatic heterocycles. The van der Waals surface area contributed by atoms with Crippen LogP contribution >= 0.6 is 0 Å². The normalized spacial score (nSPS) is 13.5. The van der Waals surface area contributed by atoms with Gasteiger partial charge in [0.05, 0.1) is 11.0 Å². The quantitative estimate of drug-likeness (QED) is 0.167. The summed E-state index contributed by atoms with van der Waals surface area (Å²) in [6.45, 7) is -2.92. The molecule has 0 saturated carbocycles. The van der Waals surface area contributed by atoms with E-state index in [1.54, 1.807) is 10.6 Å². The molecular formula is C47H34N2. The first-order valence-electron chi connectivity index (χ1n) is 19.0. The summed E-state index contributed by atoms with van der Waals surface area (Å²) in [7, 11) is 0. The van der Waals surface area contributed by atoms with Gasteiger partial charge in [-0.05, 0) is 102 Å². The number of para-hydroxylation sites is 2. The Kier molecular flexibility index (Phi) is 5.91. The first kappa shape index (κ1) is 24.0. The van der Waals surface area contributed by atoms with Crippen LogP contribution in [0.4, 0.5) is 0 Å². The van der Waals surface area contributed by atoms with Crippen molar-refractivity contribution in [2.45, 2.75) is 13.2 Å². The minimum Gasteiger partial charge on any atom is -0.296 e. The van der Waals surface area contributed by atoms with E-state index in [2.05, 4.69) is 126 Å². The van der Waals surface area contributed by atoms with Crippen LogP contribution in [0.5, 0.6) is 0 Å². The second-order valence-electron chi connectivity index (χ2n) is 12.3. The maximum Gasteiger partial charge on any atom is 0.114 e. The van der Waals surface area contributed by atoms with Gasteiger partial charge in [0, 0.05) is 18.9 Å². The molecule has 0 saturated heterocycles. The van der Waals surface area contributed by atoms with Crippen molar-refractivity contribution in [3.63, 3.8) is 0 Å². The Morgan fingerprint density at radius 2 is 1.04 bits per heavy atom. The Balaban J connectivity index is 1.25. The molecule has 0 aliphatic carbocycles. The predicted molar refractivity (Wildman–Crippen MR) is 207 cm³/mol. The first-order chi connectivity index (χ1) is 26.2. The van der Waals surface area contributed by atoms with Gasteiger partial charge in [-0.25, -0.2) is 4.98 Å². The van der Waals surface area contributed by atoms with Gasteiger partial charge in [-0.2, -0.15) is 0 Å². The van der Waals surface area contributed by atoms with E-state index >= 15 is 0 Å². The van der Waals surface area contributed by atoms with Gasteiger partial charge >= 0.3 is 0 Å². The van der Waals surface area contributed by atoms with E-state index in [9.17, 15) is 0 Å². The molecule has 8 aromatic carbocycles. The number of nitrogens with zero attached hydrogens (tertiary/aromatic N) is 2. The molecule has 0 bridgehead atoms. The molecule has 9 rings (SSSR count). The van der Waals surface area contributed by atoms with E-state index in [4.69, 9.17) is 6.85 Å². The molecule has 0 aliphatic rings. The van der Waals surface area contributed by atoms with E-state index in [-0.39, 0.29) is 5.82 Å². The maximum atomic E-state index is 8.67. The summed E-state index contributed by atoms with van der Waals surface area (Å²) < 4.78 is 43.0. The summed E-state index contributed by atoms with van der Waals surface area (Å²) in [5.41, 5.74) is 10.6. The molecule has 2 nitrogen and oxygen atoms in total. The zero-order valence-corrected chi connectivity index (χ0v) is 26.6. The number of fused-ring (bicyclic) bond motifs is 3. The lowest BCUT2D eigenvalue weighted by molar-refractivity contribution is 0.908. The minimum absolute atomic E-state index is 0.152. The lowest BCUT2D eigenvalue weighted by Gasteiger charge is -2.19. The highest BCUT2D eigenvalue weighted by molar-refractivity contribution is 6.22. The summed E-state index contributed by atoms with van der Waals surface area (Å²) in [4.78, 5) is 4.52. The molecule has 0 N–H and O–H groups in total. The van der Waals surface area contributed by atoms with E-state index in [0.29, 0.717) is 16.7 Å². The smallest absolute Gasteiger partial charge is 0.114 e. The van der Waals surface area contributed by atoms with Crippen LogP contribution in [-0.4, -0.2) is 9.55 Å². The zero-order valence-electron chi connectivity index (χ0n) is 31.6. The van der Waals surface area contributed by atoms with Crippen molar-refractivity contribution in [3.05, 3.63) is 182 Å². The summed E-state index contributed by atoms with van der Waals surface area (Å²) in [5.74, 6) is -0.152. The van der Waals surface area contributed by atoms with Gasteiger partial charge in [0.2, 0.25) is 0 Å². The number of aryl methyl sites for hydroxylation is 1. The largest absolute Gasteiger partial charge is 0.296 e. The first-order valence-corrected chi connectivity index (χ1v) is 16.5. The van der Waals surface area contributed by atoms with Crippen molar-refractivity contribution in [2.75, 3.05) is 0 Å². The highest BCUT2D eigenvalue weighted by Crippen LogP contribution is 2.45. The average Bonchev–Trinajstić information content (AvgIpc) is 3.61. The summed E-state index contributed by atoms with van der Waals surface area (Å²) in [6, 6.07) is 60.1. The van der Waals surface area contributed by atoms with Crippen molar-refractivity contribution in [1.29, 1.82) is 0 Å². The summed E-state index contributed by atoms with van der Waals surface area (Å²) in [6.07, 6.45) is -2.68. The molecule has 0 unspecified atom stereocenters. The standard InChI is InChI=1S/C47H34N2/c1-2-45-48-43-25-11-12-26-44(43)49(45)38-22-14-20-35(30-38)34-19-13-21-37(29-34)47-40-24-10-9-23-39(40)46(33-17-7-4-8-18-33)42-31-36(27-28-41(42)47)32-15-5-3-6-16-32/h3-31H,2H2,1H3/i1D3,2D2.